The molecular formula is C30H46O3. The van der Waals surface area contributed by atoms with Gasteiger partial charge in [-0.25, -0.2) is 0 Å². The monoisotopic (exact) mass is 454 g/mol. The lowest BCUT2D eigenvalue weighted by Gasteiger charge is -2.70. The number of carbonyl (C=O) groups is 1. The maximum absolute atomic E-state index is 12.8. The minimum absolute atomic E-state index is 0.0376. The molecule has 3 fully saturated rings. The number of carboxylic acid groups (broad SMARTS) is 1. The molecule has 3 heteroatoms. The van der Waals surface area contributed by atoms with Crippen LogP contribution in [0.2, 0.25) is 0 Å². The molecule has 184 valence electrons. The third kappa shape index (κ3) is 2.69. The van der Waals surface area contributed by atoms with Gasteiger partial charge in [-0.3, -0.25) is 4.79 Å². The second-order valence-electron chi connectivity index (χ2n) is 14.0. The summed E-state index contributed by atoms with van der Waals surface area (Å²) in [6, 6.07) is 0. The third-order valence-corrected chi connectivity index (χ3v) is 12.9. The van der Waals surface area contributed by atoms with E-state index in [0.717, 1.165) is 44.9 Å². The Morgan fingerprint density at radius 1 is 0.939 bits per heavy atom. The Morgan fingerprint density at radius 2 is 1.64 bits per heavy atom. The maximum Gasteiger partial charge on any atom is 0.310 e. The van der Waals surface area contributed by atoms with E-state index < -0.39 is 11.4 Å². The number of aliphatic hydroxyl groups is 1. The lowest BCUT2D eigenvalue weighted by Crippen LogP contribution is -2.64. The molecule has 0 bridgehead atoms. The average Bonchev–Trinajstić information content (AvgIpc) is 2.74. The van der Waals surface area contributed by atoms with Crippen LogP contribution in [0.5, 0.6) is 0 Å². The second kappa shape index (κ2) is 6.99. The van der Waals surface area contributed by atoms with Crippen molar-refractivity contribution in [3.8, 4) is 0 Å². The molecule has 5 aliphatic rings. The van der Waals surface area contributed by atoms with Crippen LogP contribution < -0.4 is 0 Å². The Kier molecular flexibility index (Phi) is 5.01. The lowest BCUT2D eigenvalue weighted by atomic mass is 9.34. The first-order chi connectivity index (χ1) is 15.3. The zero-order chi connectivity index (χ0) is 24.2. The molecule has 0 unspecified atom stereocenters. The van der Waals surface area contributed by atoms with Crippen LogP contribution >= 0.6 is 0 Å². The molecule has 3 nitrogen and oxygen atoms in total. The van der Waals surface area contributed by atoms with Crippen molar-refractivity contribution in [1.82, 2.24) is 0 Å². The van der Waals surface area contributed by atoms with Crippen LogP contribution in [-0.4, -0.2) is 22.3 Å². The molecule has 0 radical (unpaired) electrons. The van der Waals surface area contributed by atoms with Gasteiger partial charge in [-0.1, -0.05) is 57.4 Å². The highest BCUT2D eigenvalue weighted by molar-refractivity contribution is 5.78. The van der Waals surface area contributed by atoms with E-state index in [1.807, 2.05) is 0 Å². The molecule has 0 heterocycles. The number of aliphatic hydroxyl groups excluding tert-OH is 1. The van der Waals surface area contributed by atoms with Crippen molar-refractivity contribution in [2.24, 2.45) is 44.8 Å². The van der Waals surface area contributed by atoms with Crippen molar-refractivity contribution in [3.63, 3.8) is 0 Å². The molecule has 5 aliphatic carbocycles. The zero-order valence-electron chi connectivity index (χ0n) is 22.1. The Hall–Kier alpha value is -1.09. The van der Waals surface area contributed by atoms with E-state index in [9.17, 15) is 15.0 Å². The molecule has 3 saturated carbocycles. The van der Waals surface area contributed by atoms with Crippen LogP contribution in [-0.2, 0) is 4.79 Å². The van der Waals surface area contributed by atoms with E-state index in [-0.39, 0.29) is 33.7 Å². The molecule has 8 atom stereocenters. The predicted molar refractivity (Wildman–Crippen MR) is 133 cm³/mol. The minimum atomic E-state index is -0.615. The van der Waals surface area contributed by atoms with Crippen LogP contribution in [0, 0.1) is 44.8 Å². The summed E-state index contributed by atoms with van der Waals surface area (Å²) in [6.45, 7) is 16.6. The summed E-state index contributed by atoms with van der Waals surface area (Å²) in [4.78, 5) is 12.8. The van der Waals surface area contributed by atoms with Crippen LogP contribution in [0.4, 0.5) is 0 Å². The van der Waals surface area contributed by atoms with E-state index >= 15 is 0 Å². The zero-order valence-corrected chi connectivity index (χ0v) is 22.1. The highest BCUT2D eigenvalue weighted by Crippen LogP contribution is 2.75. The Morgan fingerprint density at radius 3 is 2.30 bits per heavy atom. The highest BCUT2D eigenvalue weighted by Gasteiger charge is 2.68. The summed E-state index contributed by atoms with van der Waals surface area (Å²) < 4.78 is 0. The minimum Gasteiger partial charge on any atom is -0.481 e. The van der Waals surface area contributed by atoms with Gasteiger partial charge < -0.3 is 10.2 Å². The first-order valence-corrected chi connectivity index (χ1v) is 13.5. The molecule has 0 amide bonds. The first kappa shape index (κ1) is 23.6. The predicted octanol–water partition coefficient (Wildman–Crippen LogP) is 7.15. The van der Waals surface area contributed by atoms with E-state index in [0.29, 0.717) is 11.8 Å². The number of carboxylic acids is 1. The molecule has 0 aromatic carbocycles. The van der Waals surface area contributed by atoms with Gasteiger partial charge in [0.25, 0.3) is 0 Å². The average molecular weight is 455 g/mol. The van der Waals surface area contributed by atoms with Crippen molar-refractivity contribution in [3.05, 3.63) is 22.8 Å². The summed E-state index contributed by atoms with van der Waals surface area (Å²) in [6.07, 6.45) is 11.3. The number of hydrogen-bond donors (Lipinski definition) is 2. The summed E-state index contributed by atoms with van der Waals surface area (Å²) in [7, 11) is 0. The third-order valence-electron chi connectivity index (χ3n) is 12.9. The fourth-order valence-corrected chi connectivity index (χ4v) is 10.4. The molecule has 0 spiro atoms. The van der Waals surface area contributed by atoms with E-state index in [4.69, 9.17) is 0 Å². The fraction of sp³-hybridized carbons (Fsp3) is 0.833. The Bertz CT molecular complexity index is 942. The van der Waals surface area contributed by atoms with Crippen LogP contribution in [0.15, 0.2) is 22.8 Å². The molecular weight excluding hydrogens is 408 g/mol. The molecule has 2 N–H and O–H groups in total. The normalized spacial score (nSPS) is 51.0. The van der Waals surface area contributed by atoms with E-state index in [1.165, 1.54) is 29.6 Å². The summed E-state index contributed by atoms with van der Waals surface area (Å²) in [5, 5.41) is 21.4. The van der Waals surface area contributed by atoms with Crippen LogP contribution in [0.1, 0.15) is 106 Å². The molecule has 5 rings (SSSR count). The van der Waals surface area contributed by atoms with Gasteiger partial charge in [-0.15, -0.1) is 0 Å². The molecule has 0 aromatic rings. The number of hydrogen-bond acceptors (Lipinski definition) is 2. The van der Waals surface area contributed by atoms with Gasteiger partial charge >= 0.3 is 5.97 Å². The Balaban J connectivity index is 1.64. The van der Waals surface area contributed by atoms with Gasteiger partial charge in [0, 0.05) is 5.92 Å². The van der Waals surface area contributed by atoms with E-state index in [1.54, 1.807) is 0 Å². The van der Waals surface area contributed by atoms with E-state index in [2.05, 4.69) is 54.5 Å². The SMILES string of the molecule is CC1=C(C)[C@H]2C3=CC[C@H]4[C@@]5(C)CC[C@H](O)C(C)(C)[C@H]5CC[C@@]4(C)[C@]3(C)CC[C@@]2(C(=O)O)CC1. The summed E-state index contributed by atoms with van der Waals surface area (Å²) in [5.41, 5.74) is 4.01. The number of fused-ring (bicyclic) bond motifs is 7. The summed E-state index contributed by atoms with van der Waals surface area (Å²) >= 11 is 0. The van der Waals surface area contributed by atoms with Crippen molar-refractivity contribution in [2.45, 2.75) is 112 Å². The lowest BCUT2D eigenvalue weighted by molar-refractivity contribution is -0.202. The Labute approximate surface area is 201 Å². The number of aliphatic carboxylic acids is 1. The molecule has 33 heavy (non-hydrogen) atoms. The molecule has 0 saturated heterocycles. The van der Waals surface area contributed by atoms with Gasteiger partial charge in [-0.2, -0.15) is 0 Å². The van der Waals surface area contributed by atoms with Gasteiger partial charge in [0.2, 0.25) is 0 Å². The topological polar surface area (TPSA) is 57.5 Å². The van der Waals surface area contributed by atoms with Gasteiger partial charge in [0.15, 0.2) is 0 Å². The standard InChI is InChI=1S/C30H46O3/c1-18-10-15-30(25(32)33)17-16-28(6)20(24(30)19(18)2)8-9-22-27(5)13-12-23(31)26(3,4)21(27)11-14-29(22,28)7/h8,21-24,31H,9-17H2,1-7H3,(H,32,33)/t21-,22+,23+,24+,27+,28-,29-,30+/m1/s1. The van der Waals surface area contributed by atoms with Gasteiger partial charge in [0.05, 0.1) is 11.5 Å². The quantitative estimate of drug-likeness (QED) is 0.413. The highest BCUT2D eigenvalue weighted by atomic mass is 16.4. The maximum atomic E-state index is 12.8. The van der Waals surface area contributed by atoms with Gasteiger partial charge in [0.1, 0.15) is 0 Å². The second-order valence-corrected chi connectivity index (χ2v) is 14.0. The summed E-state index contributed by atoms with van der Waals surface area (Å²) in [5.74, 6) is 0.630. The van der Waals surface area contributed by atoms with Crippen molar-refractivity contribution in [2.75, 3.05) is 0 Å². The van der Waals surface area contributed by atoms with Crippen molar-refractivity contribution < 1.29 is 15.0 Å². The number of rotatable bonds is 1. The van der Waals surface area contributed by atoms with Crippen molar-refractivity contribution in [1.29, 1.82) is 0 Å². The van der Waals surface area contributed by atoms with Crippen LogP contribution in [0.3, 0.4) is 0 Å². The smallest absolute Gasteiger partial charge is 0.310 e. The van der Waals surface area contributed by atoms with Crippen molar-refractivity contribution >= 4 is 5.97 Å². The fourth-order valence-electron chi connectivity index (χ4n) is 10.4. The molecule has 0 aromatic heterocycles. The van der Waals surface area contributed by atoms with Crippen LogP contribution in [0.25, 0.3) is 0 Å². The largest absolute Gasteiger partial charge is 0.481 e. The first-order valence-electron chi connectivity index (χ1n) is 13.5. The number of allylic oxidation sites excluding steroid dienone is 4. The van der Waals surface area contributed by atoms with Gasteiger partial charge in [-0.05, 0) is 105 Å². The molecule has 0 aliphatic heterocycles.